The number of aromatic nitrogens is 2. The Balaban J connectivity index is 1.37. The zero-order chi connectivity index (χ0) is 20.6. The maximum absolute atomic E-state index is 13.0. The van der Waals surface area contributed by atoms with E-state index in [1.807, 2.05) is 28.0 Å². The Hall–Kier alpha value is -2.64. The van der Waals surface area contributed by atoms with Crippen LogP contribution in [0.2, 0.25) is 0 Å². The molecule has 0 bridgehead atoms. The summed E-state index contributed by atoms with van der Waals surface area (Å²) in [5.74, 6) is 0.782. The molecule has 5 nitrogen and oxygen atoms in total. The quantitative estimate of drug-likeness (QED) is 0.776. The Morgan fingerprint density at radius 2 is 1.86 bits per heavy atom. The molecular weight excluding hydrogens is 381 g/mol. The second-order valence-corrected chi connectivity index (χ2v) is 7.71. The van der Waals surface area contributed by atoms with Crippen molar-refractivity contribution in [2.45, 2.75) is 38.8 Å². The van der Waals surface area contributed by atoms with Crippen molar-refractivity contribution in [3.8, 4) is 0 Å². The van der Waals surface area contributed by atoms with Gasteiger partial charge in [-0.1, -0.05) is 18.2 Å². The topological polar surface area (TPSA) is 49.3 Å². The number of rotatable bonds is 3. The number of carbonyl (C=O) groups excluding carboxylic acids is 1. The number of hydrogen-bond donors (Lipinski definition) is 0. The number of amides is 1. The molecule has 1 amide bonds. The summed E-state index contributed by atoms with van der Waals surface area (Å²) < 4.78 is 39.1. The highest BCUT2D eigenvalue weighted by molar-refractivity contribution is 5.95. The van der Waals surface area contributed by atoms with Gasteiger partial charge in [0, 0.05) is 37.8 Å². The molecule has 2 aliphatic rings. The van der Waals surface area contributed by atoms with Crippen LogP contribution in [0.5, 0.6) is 0 Å². The number of carbonyl (C=O) groups is 1. The van der Waals surface area contributed by atoms with Crippen LogP contribution in [0.1, 0.15) is 36.3 Å². The number of hydrogen-bond acceptors (Lipinski definition) is 4. The fourth-order valence-corrected chi connectivity index (χ4v) is 4.18. The first-order chi connectivity index (χ1) is 13.8. The summed E-state index contributed by atoms with van der Waals surface area (Å²) in [6, 6.07) is 8.99. The zero-order valence-corrected chi connectivity index (χ0v) is 16.2. The van der Waals surface area contributed by atoms with E-state index in [1.165, 1.54) is 12.5 Å². The number of aryl methyl sites for hydroxylation is 1. The monoisotopic (exact) mass is 404 g/mol. The van der Waals surface area contributed by atoms with Crippen LogP contribution in [0.4, 0.5) is 24.7 Å². The minimum absolute atomic E-state index is 0.111. The number of piperidine rings is 1. The van der Waals surface area contributed by atoms with Crippen molar-refractivity contribution >= 4 is 17.4 Å². The van der Waals surface area contributed by atoms with Gasteiger partial charge in [-0.2, -0.15) is 13.2 Å². The largest absolute Gasteiger partial charge is 0.433 e. The maximum Gasteiger partial charge on any atom is 0.433 e. The lowest BCUT2D eigenvalue weighted by molar-refractivity contribution is -0.141. The van der Waals surface area contributed by atoms with E-state index in [4.69, 9.17) is 0 Å². The average Bonchev–Trinajstić information content (AvgIpc) is 3.12. The van der Waals surface area contributed by atoms with Gasteiger partial charge in [-0.25, -0.2) is 9.97 Å². The third kappa shape index (κ3) is 4.21. The Bertz CT molecular complexity index is 907. The van der Waals surface area contributed by atoms with Gasteiger partial charge in [0.2, 0.25) is 5.91 Å². The molecule has 0 aliphatic carbocycles. The lowest BCUT2D eigenvalue weighted by atomic mass is 9.93. The molecule has 1 aromatic carbocycles. The van der Waals surface area contributed by atoms with Gasteiger partial charge >= 0.3 is 6.18 Å². The van der Waals surface area contributed by atoms with Crippen molar-refractivity contribution in [3.05, 3.63) is 47.4 Å². The van der Waals surface area contributed by atoms with E-state index >= 15 is 0 Å². The lowest BCUT2D eigenvalue weighted by Crippen LogP contribution is -2.37. The second-order valence-electron chi connectivity index (χ2n) is 7.71. The number of anilines is 2. The SMILES string of the molecule is Cc1nc(N2CCC(CC(=O)N3CCc4ccccc43)CC2)cc(C(F)(F)F)n1. The molecule has 0 atom stereocenters. The number of fused-ring (bicyclic) bond motifs is 1. The van der Waals surface area contributed by atoms with Crippen molar-refractivity contribution in [1.29, 1.82) is 0 Å². The molecule has 2 aromatic rings. The summed E-state index contributed by atoms with van der Waals surface area (Å²) in [7, 11) is 0. The van der Waals surface area contributed by atoms with E-state index in [0.29, 0.717) is 25.3 Å². The molecule has 2 aliphatic heterocycles. The predicted molar refractivity (Wildman–Crippen MR) is 104 cm³/mol. The van der Waals surface area contributed by atoms with Crippen molar-refractivity contribution in [2.75, 3.05) is 29.4 Å². The highest BCUT2D eigenvalue weighted by Crippen LogP contribution is 2.33. The van der Waals surface area contributed by atoms with Crippen LogP contribution in [0.3, 0.4) is 0 Å². The highest BCUT2D eigenvalue weighted by Gasteiger charge is 2.34. The van der Waals surface area contributed by atoms with Gasteiger partial charge in [0.05, 0.1) is 0 Å². The summed E-state index contributed by atoms with van der Waals surface area (Å²) in [6.45, 7) is 3.36. The maximum atomic E-state index is 13.0. The van der Waals surface area contributed by atoms with Crippen molar-refractivity contribution < 1.29 is 18.0 Å². The molecule has 0 N–H and O–H groups in total. The van der Waals surface area contributed by atoms with Gasteiger partial charge in [0.15, 0.2) is 0 Å². The van der Waals surface area contributed by atoms with E-state index in [1.54, 1.807) is 0 Å². The summed E-state index contributed by atoms with van der Waals surface area (Å²) in [4.78, 5) is 24.2. The molecule has 154 valence electrons. The fraction of sp³-hybridized carbons (Fsp3) is 0.476. The summed E-state index contributed by atoms with van der Waals surface area (Å²) >= 11 is 0. The van der Waals surface area contributed by atoms with Crippen molar-refractivity contribution in [2.24, 2.45) is 5.92 Å². The predicted octanol–water partition coefficient (Wildman–Crippen LogP) is 4.00. The Morgan fingerprint density at radius 3 is 2.59 bits per heavy atom. The summed E-state index contributed by atoms with van der Waals surface area (Å²) in [5.41, 5.74) is 1.30. The number of benzene rings is 1. The van der Waals surface area contributed by atoms with Crippen LogP contribution in [-0.4, -0.2) is 35.5 Å². The number of halogens is 3. The van der Waals surface area contributed by atoms with Crippen LogP contribution in [0, 0.1) is 12.8 Å². The van der Waals surface area contributed by atoms with Gasteiger partial charge in [-0.3, -0.25) is 4.79 Å². The molecule has 8 heteroatoms. The van der Waals surface area contributed by atoms with Crippen LogP contribution in [0.15, 0.2) is 30.3 Å². The first kappa shape index (κ1) is 19.7. The van der Waals surface area contributed by atoms with E-state index in [2.05, 4.69) is 16.0 Å². The minimum atomic E-state index is -4.49. The molecule has 4 rings (SSSR count). The third-order valence-corrected chi connectivity index (χ3v) is 5.70. The van der Waals surface area contributed by atoms with Gasteiger partial charge in [-0.15, -0.1) is 0 Å². The number of nitrogens with zero attached hydrogens (tertiary/aromatic N) is 4. The fourth-order valence-electron chi connectivity index (χ4n) is 4.18. The van der Waals surface area contributed by atoms with E-state index in [-0.39, 0.29) is 17.6 Å². The molecule has 0 saturated carbocycles. The molecule has 1 fully saturated rings. The molecule has 1 saturated heterocycles. The van der Waals surface area contributed by atoms with Gasteiger partial charge in [-0.05, 0) is 43.7 Å². The standard InChI is InChI=1S/C21H23F3N4O/c1-14-25-18(21(22,23)24)13-19(26-14)27-9-6-15(7-10-27)12-20(29)28-11-8-16-4-2-3-5-17(16)28/h2-5,13,15H,6-12H2,1H3. The average molecular weight is 404 g/mol. The molecule has 0 spiro atoms. The normalized spacial score (nSPS) is 17.5. The first-order valence-corrected chi connectivity index (χ1v) is 9.87. The van der Waals surface area contributed by atoms with Crippen LogP contribution in [-0.2, 0) is 17.4 Å². The van der Waals surface area contributed by atoms with Crippen molar-refractivity contribution in [3.63, 3.8) is 0 Å². The summed E-state index contributed by atoms with van der Waals surface area (Å²) in [6.07, 6.45) is -1.62. The Kier molecular flexibility index (Phi) is 5.19. The second kappa shape index (κ2) is 7.65. The lowest BCUT2D eigenvalue weighted by Gasteiger charge is -2.33. The van der Waals surface area contributed by atoms with Crippen LogP contribution >= 0.6 is 0 Å². The van der Waals surface area contributed by atoms with Crippen molar-refractivity contribution in [1.82, 2.24) is 9.97 Å². The zero-order valence-electron chi connectivity index (χ0n) is 16.2. The van der Waals surface area contributed by atoms with Gasteiger partial charge in [0.25, 0.3) is 0 Å². The highest BCUT2D eigenvalue weighted by atomic mass is 19.4. The molecule has 3 heterocycles. The third-order valence-electron chi connectivity index (χ3n) is 5.70. The van der Waals surface area contributed by atoms with E-state index < -0.39 is 11.9 Å². The minimum Gasteiger partial charge on any atom is -0.356 e. The van der Waals surface area contributed by atoms with Gasteiger partial charge < -0.3 is 9.80 Å². The smallest absolute Gasteiger partial charge is 0.356 e. The number of para-hydroxylation sites is 1. The molecular formula is C21H23F3N4O. The van der Waals surface area contributed by atoms with Gasteiger partial charge in [0.1, 0.15) is 17.3 Å². The molecule has 0 radical (unpaired) electrons. The van der Waals surface area contributed by atoms with Crippen LogP contribution in [0.25, 0.3) is 0 Å². The molecule has 0 unspecified atom stereocenters. The first-order valence-electron chi connectivity index (χ1n) is 9.87. The Labute approximate surface area is 167 Å². The van der Waals surface area contributed by atoms with E-state index in [0.717, 1.165) is 37.6 Å². The van der Waals surface area contributed by atoms with Crippen LogP contribution < -0.4 is 9.80 Å². The summed E-state index contributed by atoms with van der Waals surface area (Å²) in [5, 5.41) is 0. The molecule has 29 heavy (non-hydrogen) atoms. The Morgan fingerprint density at radius 1 is 1.14 bits per heavy atom. The van der Waals surface area contributed by atoms with E-state index in [9.17, 15) is 18.0 Å². The number of alkyl halides is 3. The molecule has 1 aromatic heterocycles.